The first-order chi connectivity index (χ1) is 5.93. The van der Waals surface area contributed by atoms with Crippen molar-refractivity contribution in [3.63, 3.8) is 0 Å². The van der Waals surface area contributed by atoms with Crippen LogP contribution >= 0.6 is 23.5 Å². The van der Waals surface area contributed by atoms with Gasteiger partial charge in [-0.3, -0.25) is 0 Å². The highest BCUT2D eigenvalue weighted by molar-refractivity contribution is 8.02. The van der Waals surface area contributed by atoms with Crippen LogP contribution in [0.3, 0.4) is 0 Å². The van der Waals surface area contributed by atoms with E-state index in [-0.39, 0.29) is 0 Å². The standard InChI is InChI=1S/C8H12N2S2/c1-2-11-6-7-12-8-9-4-3-5-10-8/h3-5H,2,6-7H2,1H3. The molecule has 0 aliphatic carbocycles. The second kappa shape index (κ2) is 6.31. The lowest BCUT2D eigenvalue weighted by Crippen LogP contribution is -1.88. The summed E-state index contributed by atoms with van der Waals surface area (Å²) in [6.07, 6.45) is 3.56. The zero-order valence-corrected chi connectivity index (χ0v) is 8.70. The summed E-state index contributed by atoms with van der Waals surface area (Å²) >= 11 is 3.67. The maximum absolute atomic E-state index is 4.12. The van der Waals surface area contributed by atoms with Crippen LogP contribution < -0.4 is 0 Å². The molecule has 1 rings (SSSR count). The van der Waals surface area contributed by atoms with Crippen LogP contribution in [0.25, 0.3) is 0 Å². The lowest BCUT2D eigenvalue weighted by Gasteiger charge is -1.97. The predicted molar refractivity (Wildman–Crippen MR) is 55.8 cm³/mol. The number of hydrogen-bond acceptors (Lipinski definition) is 4. The van der Waals surface area contributed by atoms with Crippen molar-refractivity contribution in [2.45, 2.75) is 12.1 Å². The topological polar surface area (TPSA) is 25.8 Å². The van der Waals surface area contributed by atoms with E-state index in [0.29, 0.717) is 0 Å². The average molecular weight is 200 g/mol. The molecule has 66 valence electrons. The van der Waals surface area contributed by atoms with Crippen LogP contribution in [0.5, 0.6) is 0 Å². The largest absolute Gasteiger partial charge is 0.231 e. The van der Waals surface area contributed by atoms with Gasteiger partial charge < -0.3 is 0 Å². The van der Waals surface area contributed by atoms with E-state index in [4.69, 9.17) is 0 Å². The third kappa shape index (κ3) is 3.97. The fourth-order valence-electron chi connectivity index (χ4n) is 0.696. The van der Waals surface area contributed by atoms with Gasteiger partial charge >= 0.3 is 0 Å². The second-order valence-electron chi connectivity index (χ2n) is 2.08. The van der Waals surface area contributed by atoms with Crippen molar-refractivity contribution in [3.8, 4) is 0 Å². The fraction of sp³-hybridized carbons (Fsp3) is 0.500. The molecule has 0 N–H and O–H groups in total. The molecule has 0 aliphatic heterocycles. The Bertz CT molecular complexity index is 203. The van der Waals surface area contributed by atoms with Crippen molar-refractivity contribution < 1.29 is 0 Å². The van der Waals surface area contributed by atoms with Crippen molar-refractivity contribution in [1.29, 1.82) is 0 Å². The minimum Gasteiger partial charge on any atom is -0.231 e. The first kappa shape index (κ1) is 9.86. The molecule has 0 saturated heterocycles. The van der Waals surface area contributed by atoms with E-state index in [0.717, 1.165) is 10.9 Å². The first-order valence-corrected chi connectivity index (χ1v) is 6.05. The quantitative estimate of drug-likeness (QED) is 0.414. The van der Waals surface area contributed by atoms with Crippen LogP contribution in [-0.4, -0.2) is 27.2 Å². The minimum atomic E-state index is 0.884. The zero-order chi connectivity index (χ0) is 8.65. The fourth-order valence-corrected chi connectivity index (χ4v) is 2.24. The Morgan fingerprint density at radius 1 is 1.25 bits per heavy atom. The van der Waals surface area contributed by atoms with Crippen LogP contribution in [0.15, 0.2) is 23.6 Å². The van der Waals surface area contributed by atoms with Crippen LogP contribution in [0.2, 0.25) is 0 Å². The Hall–Kier alpha value is -0.220. The van der Waals surface area contributed by atoms with Crippen LogP contribution in [-0.2, 0) is 0 Å². The summed E-state index contributed by atoms with van der Waals surface area (Å²) in [7, 11) is 0. The van der Waals surface area contributed by atoms with Crippen LogP contribution in [0, 0.1) is 0 Å². The smallest absolute Gasteiger partial charge is 0.187 e. The first-order valence-electron chi connectivity index (χ1n) is 3.91. The highest BCUT2D eigenvalue weighted by Gasteiger charge is 1.93. The van der Waals surface area contributed by atoms with Gasteiger partial charge in [-0.05, 0) is 11.8 Å². The Labute approximate surface area is 81.6 Å². The minimum absolute atomic E-state index is 0.884. The zero-order valence-electron chi connectivity index (χ0n) is 7.06. The van der Waals surface area contributed by atoms with Crippen LogP contribution in [0.1, 0.15) is 6.92 Å². The summed E-state index contributed by atoms with van der Waals surface area (Å²) in [6.45, 7) is 2.17. The Morgan fingerprint density at radius 3 is 2.67 bits per heavy atom. The van der Waals surface area contributed by atoms with Gasteiger partial charge in [0.2, 0.25) is 0 Å². The summed E-state index contributed by atoms with van der Waals surface area (Å²) < 4.78 is 0. The molecule has 12 heavy (non-hydrogen) atoms. The lowest BCUT2D eigenvalue weighted by molar-refractivity contribution is 0.968. The molecule has 0 atom stereocenters. The third-order valence-corrected chi connectivity index (χ3v) is 3.24. The van der Waals surface area contributed by atoms with E-state index >= 15 is 0 Å². The highest BCUT2D eigenvalue weighted by atomic mass is 32.2. The Morgan fingerprint density at radius 2 is 2.00 bits per heavy atom. The van der Waals surface area contributed by atoms with Crippen molar-refractivity contribution in [2.75, 3.05) is 17.3 Å². The lowest BCUT2D eigenvalue weighted by atomic mass is 10.7. The molecule has 1 aromatic rings. The molecule has 0 unspecified atom stereocenters. The van der Waals surface area contributed by atoms with Gasteiger partial charge in [0.25, 0.3) is 0 Å². The van der Waals surface area contributed by atoms with Gasteiger partial charge in [0.05, 0.1) is 0 Å². The summed E-state index contributed by atoms with van der Waals surface area (Å²) in [5.41, 5.74) is 0. The molecule has 0 aromatic carbocycles. The molecule has 1 aromatic heterocycles. The molecule has 1 heterocycles. The molecule has 0 radical (unpaired) electrons. The molecule has 4 heteroatoms. The number of rotatable bonds is 5. The SMILES string of the molecule is CCSCCSc1ncccn1. The van der Waals surface area contributed by atoms with Gasteiger partial charge in [0.15, 0.2) is 5.16 Å². The maximum Gasteiger partial charge on any atom is 0.187 e. The third-order valence-electron chi connectivity index (χ3n) is 1.21. The van der Waals surface area contributed by atoms with Gasteiger partial charge in [0, 0.05) is 23.9 Å². The maximum atomic E-state index is 4.12. The highest BCUT2D eigenvalue weighted by Crippen LogP contribution is 2.12. The number of thioether (sulfide) groups is 2. The molecule has 0 bridgehead atoms. The Balaban J connectivity index is 2.16. The molecule has 0 spiro atoms. The predicted octanol–water partition coefficient (Wildman–Crippen LogP) is 2.32. The van der Waals surface area contributed by atoms with Gasteiger partial charge in [0.1, 0.15) is 0 Å². The van der Waals surface area contributed by atoms with Gasteiger partial charge in [-0.2, -0.15) is 11.8 Å². The summed E-state index contributed by atoms with van der Waals surface area (Å²) in [4.78, 5) is 8.24. The van der Waals surface area contributed by atoms with E-state index < -0.39 is 0 Å². The van der Waals surface area contributed by atoms with E-state index in [2.05, 4.69) is 16.9 Å². The molecule has 0 aliphatic rings. The monoisotopic (exact) mass is 200 g/mol. The molecule has 0 saturated carbocycles. The molecule has 0 amide bonds. The van der Waals surface area contributed by atoms with Gasteiger partial charge in [-0.15, -0.1) is 0 Å². The number of hydrogen-bond donors (Lipinski definition) is 0. The normalized spacial score (nSPS) is 10.1. The Kier molecular flexibility index (Phi) is 5.19. The average Bonchev–Trinajstić information content (AvgIpc) is 2.14. The van der Waals surface area contributed by atoms with E-state index in [1.807, 2.05) is 17.8 Å². The van der Waals surface area contributed by atoms with Gasteiger partial charge in [-0.25, -0.2) is 9.97 Å². The summed E-state index contributed by atoms with van der Waals surface area (Å²) in [5, 5.41) is 0.884. The van der Waals surface area contributed by atoms with Crippen molar-refractivity contribution in [1.82, 2.24) is 9.97 Å². The number of aromatic nitrogens is 2. The molecule has 0 fully saturated rings. The van der Waals surface area contributed by atoms with Crippen molar-refractivity contribution in [3.05, 3.63) is 18.5 Å². The van der Waals surface area contributed by atoms with Crippen molar-refractivity contribution in [2.24, 2.45) is 0 Å². The summed E-state index contributed by atoms with van der Waals surface area (Å²) in [5.74, 6) is 3.47. The van der Waals surface area contributed by atoms with Crippen LogP contribution in [0.4, 0.5) is 0 Å². The summed E-state index contributed by atoms with van der Waals surface area (Å²) in [6, 6.07) is 1.84. The van der Waals surface area contributed by atoms with Crippen molar-refractivity contribution >= 4 is 23.5 Å². The molecular formula is C8H12N2S2. The van der Waals surface area contributed by atoms with E-state index in [1.54, 1.807) is 24.2 Å². The second-order valence-corrected chi connectivity index (χ2v) is 4.53. The van der Waals surface area contributed by atoms with E-state index in [1.165, 1.54) is 11.5 Å². The molecular weight excluding hydrogens is 188 g/mol. The van der Waals surface area contributed by atoms with E-state index in [9.17, 15) is 0 Å². The van der Waals surface area contributed by atoms with Gasteiger partial charge in [-0.1, -0.05) is 18.7 Å². The number of nitrogens with zero attached hydrogens (tertiary/aromatic N) is 2. The molecule has 2 nitrogen and oxygen atoms in total.